The summed E-state index contributed by atoms with van der Waals surface area (Å²) in [5, 5.41) is 24.6. The largest absolute Gasteiger partial charge is 0.395 e. The Morgan fingerprint density at radius 3 is 1.43 bits per heavy atom. The first-order valence-electron chi connectivity index (χ1n) is 10.2. The van der Waals surface area contributed by atoms with Gasteiger partial charge in [0.05, 0.1) is 39.6 Å². The van der Waals surface area contributed by atoms with E-state index in [0.29, 0.717) is 100 Å². The molecule has 0 radical (unpaired) electrons. The third-order valence-electron chi connectivity index (χ3n) is 4.92. The van der Waals surface area contributed by atoms with Gasteiger partial charge >= 0.3 is 0 Å². The number of hydrogen-bond acceptors (Lipinski definition) is 12. The van der Waals surface area contributed by atoms with Crippen molar-refractivity contribution < 1.29 is 19.7 Å². The first-order chi connectivity index (χ1) is 14.8. The van der Waals surface area contributed by atoms with Gasteiger partial charge in [-0.25, -0.2) is 9.97 Å². The maximum atomic E-state index is 9.22. The van der Waals surface area contributed by atoms with Gasteiger partial charge in [-0.15, -0.1) is 0 Å². The van der Waals surface area contributed by atoms with Crippen molar-refractivity contribution in [1.82, 2.24) is 19.9 Å². The summed E-state index contributed by atoms with van der Waals surface area (Å²) in [6.45, 7) is 5.88. The van der Waals surface area contributed by atoms with Crippen LogP contribution in [0.2, 0.25) is 0 Å². The maximum Gasteiger partial charge on any atom is 0.225 e. The van der Waals surface area contributed by atoms with Crippen LogP contribution in [0.15, 0.2) is 0 Å². The molecule has 12 nitrogen and oxygen atoms in total. The standard InChI is InChI=1S/C18H28N8O4/c27-7-1-19-17-21-13-14(15(23-17)25-3-9-29-10-4-25)22-18(20-2-8-28)24-16(13)26-5-11-30-12-6-26/h27-28H,1-12H2,(H,19,21,23)(H,20,22,24). The number of fused-ring (bicyclic) bond motifs is 1. The minimum Gasteiger partial charge on any atom is -0.395 e. The molecule has 0 atom stereocenters. The van der Waals surface area contributed by atoms with Crippen LogP contribution in [-0.4, -0.2) is 109 Å². The molecule has 2 fully saturated rings. The number of rotatable bonds is 8. The van der Waals surface area contributed by atoms with E-state index >= 15 is 0 Å². The number of morpholine rings is 2. The summed E-state index contributed by atoms with van der Waals surface area (Å²) in [6, 6.07) is 0. The SMILES string of the molecule is OCCNc1nc(N2CCOCC2)c2nc(NCCO)nc(N3CCOCC3)c2n1. The van der Waals surface area contributed by atoms with Crippen molar-refractivity contribution in [2.45, 2.75) is 0 Å². The molecule has 0 amide bonds. The molecule has 4 heterocycles. The van der Waals surface area contributed by atoms with Crippen LogP contribution in [0.3, 0.4) is 0 Å². The lowest BCUT2D eigenvalue weighted by Gasteiger charge is -2.31. The summed E-state index contributed by atoms with van der Waals surface area (Å²) in [7, 11) is 0. The molecule has 4 N–H and O–H groups in total. The highest BCUT2D eigenvalue weighted by Crippen LogP contribution is 2.31. The van der Waals surface area contributed by atoms with Crippen molar-refractivity contribution in [3.63, 3.8) is 0 Å². The second kappa shape index (κ2) is 9.98. The summed E-state index contributed by atoms with van der Waals surface area (Å²) in [5.41, 5.74) is 1.28. The van der Waals surface area contributed by atoms with Gasteiger partial charge < -0.3 is 40.1 Å². The summed E-state index contributed by atoms with van der Waals surface area (Å²) in [6.07, 6.45) is 0. The van der Waals surface area contributed by atoms with Gasteiger partial charge in [0.1, 0.15) is 11.0 Å². The molecule has 2 aliphatic heterocycles. The quantitative estimate of drug-likeness (QED) is 0.412. The fourth-order valence-electron chi connectivity index (χ4n) is 3.47. The zero-order chi connectivity index (χ0) is 20.8. The summed E-state index contributed by atoms with van der Waals surface area (Å²) >= 11 is 0. The number of nitrogens with one attached hydrogen (secondary N) is 2. The van der Waals surface area contributed by atoms with Crippen molar-refractivity contribution in [3.8, 4) is 0 Å². The van der Waals surface area contributed by atoms with Crippen molar-refractivity contribution in [3.05, 3.63) is 0 Å². The van der Waals surface area contributed by atoms with Gasteiger partial charge in [-0.1, -0.05) is 0 Å². The molecular weight excluding hydrogens is 392 g/mol. The number of hydrogen-bond donors (Lipinski definition) is 4. The van der Waals surface area contributed by atoms with Gasteiger partial charge in [0, 0.05) is 39.3 Å². The molecule has 0 bridgehead atoms. The molecule has 0 spiro atoms. The number of anilines is 4. The van der Waals surface area contributed by atoms with Crippen LogP contribution >= 0.6 is 0 Å². The molecule has 0 aromatic carbocycles. The van der Waals surface area contributed by atoms with E-state index in [2.05, 4.69) is 30.4 Å². The number of aliphatic hydroxyl groups excluding tert-OH is 2. The Morgan fingerprint density at radius 2 is 1.07 bits per heavy atom. The Morgan fingerprint density at radius 1 is 0.667 bits per heavy atom. The highest BCUT2D eigenvalue weighted by molar-refractivity contribution is 5.95. The fourth-order valence-corrected chi connectivity index (χ4v) is 3.47. The van der Waals surface area contributed by atoms with Crippen LogP contribution in [0.5, 0.6) is 0 Å². The highest BCUT2D eigenvalue weighted by Gasteiger charge is 2.24. The predicted octanol–water partition coefficient (Wildman–Crippen LogP) is -1.10. The van der Waals surface area contributed by atoms with Crippen LogP contribution in [0, 0.1) is 0 Å². The summed E-state index contributed by atoms with van der Waals surface area (Å²) in [4.78, 5) is 23.0. The van der Waals surface area contributed by atoms with E-state index in [-0.39, 0.29) is 13.2 Å². The summed E-state index contributed by atoms with van der Waals surface area (Å²) in [5.74, 6) is 2.25. The Kier molecular flexibility index (Phi) is 6.89. The topological polar surface area (TPSA) is 141 Å². The number of aliphatic hydroxyl groups is 2. The van der Waals surface area contributed by atoms with E-state index in [9.17, 15) is 10.2 Å². The Hall–Kier alpha value is -2.54. The second-order valence-electron chi connectivity index (χ2n) is 6.94. The van der Waals surface area contributed by atoms with Gasteiger partial charge in [-0.05, 0) is 0 Å². The number of aromatic nitrogens is 4. The minimum absolute atomic E-state index is 0.0227. The smallest absolute Gasteiger partial charge is 0.225 e. The van der Waals surface area contributed by atoms with Crippen LogP contribution in [0.1, 0.15) is 0 Å². The van der Waals surface area contributed by atoms with Gasteiger partial charge in [-0.3, -0.25) is 0 Å². The molecular formula is C18H28N8O4. The van der Waals surface area contributed by atoms with Crippen LogP contribution in [0.25, 0.3) is 11.0 Å². The van der Waals surface area contributed by atoms with Gasteiger partial charge in [0.15, 0.2) is 11.6 Å². The predicted molar refractivity (Wildman–Crippen MR) is 112 cm³/mol. The van der Waals surface area contributed by atoms with E-state index in [1.165, 1.54) is 0 Å². The van der Waals surface area contributed by atoms with Crippen LogP contribution in [0.4, 0.5) is 23.5 Å². The van der Waals surface area contributed by atoms with Crippen molar-refractivity contribution in [2.75, 3.05) is 99.3 Å². The van der Waals surface area contributed by atoms with Gasteiger partial charge in [0.25, 0.3) is 0 Å². The zero-order valence-electron chi connectivity index (χ0n) is 16.9. The van der Waals surface area contributed by atoms with Crippen molar-refractivity contribution in [2.24, 2.45) is 0 Å². The Bertz CT molecular complexity index is 773. The van der Waals surface area contributed by atoms with Crippen LogP contribution < -0.4 is 20.4 Å². The monoisotopic (exact) mass is 420 g/mol. The number of ether oxygens (including phenoxy) is 2. The zero-order valence-corrected chi connectivity index (χ0v) is 16.9. The average Bonchev–Trinajstić information content (AvgIpc) is 2.81. The van der Waals surface area contributed by atoms with Crippen LogP contribution in [-0.2, 0) is 9.47 Å². The minimum atomic E-state index is -0.0227. The first kappa shape index (κ1) is 20.7. The normalized spacial score (nSPS) is 17.4. The lowest BCUT2D eigenvalue weighted by molar-refractivity contribution is 0.122. The van der Waals surface area contributed by atoms with E-state index in [4.69, 9.17) is 19.4 Å². The molecule has 2 saturated heterocycles. The molecule has 0 aliphatic carbocycles. The third-order valence-corrected chi connectivity index (χ3v) is 4.92. The van der Waals surface area contributed by atoms with Gasteiger partial charge in [0.2, 0.25) is 11.9 Å². The molecule has 30 heavy (non-hydrogen) atoms. The van der Waals surface area contributed by atoms with E-state index in [1.807, 2.05) is 0 Å². The molecule has 4 rings (SSSR count). The fraction of sp³-hybridized carbons (Fsp3) is 0.667. The first-order valence-corrected chi connectivity index (χ1v) is 10.2. The Labute approximate surface area is 174 Å². The van der Waals surface area contributed by atoms with Crippen molar-refractivity contribution in [1.29, 1.82) is 0 Å². The third kappa shape index (κ3) is 4.61. The maximum absolute atomic E-state index is 9.22. The number of nitrogens with zero attached hydrogens (tertiary/aromatic N) is 6. The molecule has 2 aromatic heterocycles. The van der Waals surface area contributed by atoms with Crippen molar-refractivity contribution >= 4 is 34.6 Å². The highest BCUT2D eigenvalue weighted by atomic mass is 16.5. The van der Waals surface area contributed by atoms with Gasteiger partial charge in [-0.2, -0.15) is 9.97 Å². The average molecular weight is 420 g/mol. The van der Waals surface area contributed by atoms with E-state index in [0.717, 1.165) is 0 Å². The molecule has 12 heteroatoms. The lowest BCUT2D eigenvalue weighted by atomic mass is 10.3. The second-order valence-corrected chi connectivity index (χ2v) is 6.94. The molecule has 0 unspecified atom stereocenters. The molecule has 2 aliphatic rings. The Balaban J connectivity index is 1.85. The van der Waals surface area contributed by atoms with E-state index in [1.54, 1.807) is 0 Å². The lowest BCUT2D eigenvalue weighted by Crippen LogP contribution is -2.38. The van der Waals surface area contributed by atoms with E-state index < -0.39 is 0 Å². The molecule has 2 aromatic rings. The summed E-state index contributed by atoms with van der Waals surface area (Å²) < 4.78 is 11.0. The molecule has 0 saturated carbocycles. The molecule has 164 valence electrons.